The van der Waals surface area contributed by atoms with Crippen LogP contribution in [-0.2, 0) is 11.4 Å². The number of nitrogens with one attached hydrogen (secondary N) is 2. The van der Waals surface area contributed by atoms with E-state index in [0.29, 0.717) is 16.4 Å². The summed E-state index contributed by atoms with van der Waals surface area (Å²) in [6.07, 6.45) is 0. The van der Waals surface area contributed by atoms with Crippen molar-refractivity contribution in [2.75, 3.05) is 5.32 Å². The quantitative estimate of drug-likeness (QED) is 0.378. The second-order valence-corrected chi connectivity index (χ2v) is 7.10. The van der Waals surface area contributed by atoms with Gasteiger partial charge >= 0.3 is 6.03 Å². The van der Waals surface area contributed by atoms with E-state index in [0.717, 1.165) is 29.3 Å². The molecule has 32 heavy (non-hydrogen) atoms. The lowest BCUT2D eigenvalue weighted by Crippen LogP contribution is -2.35. The van der Waals surface area contributed by atoms with E-state index in [1.165, 1.54) is 0 Å². The number of hydrogen-bond acceptors (Lipinski definition) is 4. The molecule has 0 saturated carbocycles. The summed E-state index contributed by atoms with van der Waals surface area (Å²) in [7, 11) is 0. The monoisotopic (exact) mass is 457 g/mol. The molecule has 0 aliphatic heterocycles. The van der Waals surface area contributed by atoms with E-state index in [-0.39, 0.29) is 6.61 Å². The van der Waals surface area contributed by atoms with Crippen molar-refractivity contribution in [2.45, 2.75) is 13.5 Å². The number of anilines is 1. The summed E-state index contributed by atoms with van der Waals surface area (Å²) in [5.41, 5.74) is 1.89. The molecule has 164 valence electrons. The number of hydrogen-bond donors (Lipinski definition) is 2. The second-order valence-electron chi connectivity index (χ2n) is 6.66. The van der Waals surface area contributed by atoms with Gasteiger partial charge in [-0.15, -0.1) is 0 Å². The molecule has 0 aromatic heterocycles. The molecule has 6 nitrogen and oxygen atoms in total. The van der Waals surface area contributed by atoms with Gasteiger partial charge in [0.2, 0.25) is 0 Å². The van der Waals surface area contributed by atoms with Crippen LogP contribution in [0.1, 0.15) is 28.4 Å². The lowest BCUT2D eigenvalue weighted by atomic mass is 10.1. The fourth-order valence-electron chi connectivity index (χ4n) is 2.67. The van der Waals surface area contributed by atoms with Gasteiger partial charge in [-0.3, -0.25) is 10.1 Å². The van der Waals surface area contributed by atoms with Crippen molar-refractivity contribution in [1.29, 1.82) is 0 Å². The number of rotatable bonds is 6. The molecule has 0 aliphatic rings. The van der Waals surface area contributed by atoms with Gasteiger partial charge in [-0.25, -0.2) is 13.6 Å². The molecular formula is C23H18ClF2N3O3. The van der Waals surface area contributed by atoms with Crippen LogP contribution in [0.4, 0.5) is 19.3 Å². The normalized spacial score (nSPS) is 11.1. The van der Waals surface area contributed by atoms with Crippen molar-refractivity contribution < 1.29 is 23.2 Å². The molecule has 9 heteroatoms. The smallest absolute Gasteiger partial charge is 0.326 e. The molecule has 3 aromatic carbocycles. The van der Waals surface area contributed by atoms with Gasteiger partial charge in [0.15, 0.2) is 0 Å². The van der Waals surface area contributed by atoms with Crippen LogP contribution in [0.25, 0.3) is 0 Å². The summed E-state index contributed by atoms with van der Waals surface area (Å²) in [5.74, 6) is -3.31. The Kier molecular flexibility index (Phi) is 7.51. The molecule has 3 rings (SSSR count). The molecule has 0 aliphatic carbocycles. The second kappa shape index (κ2) is 10.5. The molecule has 2 N–H and O–H groups in total. The summed E-state index contributed by atoms with van der Waals surface area (Å²) in [4.78, 5) is 29.3. The zero-order valence-corrected chi connectivity index (χ0v) is 17.6. The van der Waals surface area contributed by atoms with Gasteiger partial charge in [-0.05, 0) is 54.4 Å². The molecule has 3 aromatic rings. The van der Waals surface area contributed by atoms with Crippen LogP contribution in [-0.4, -0.2) is 17.6 Å². The molecule has 0 atom stereocenters. The molecule has 0 unspecified atom stereocenters. The van der Waals surface area contributed by atoms with Crippen LogP contribution < -0.4 is 10.6 Å². The Morgan fingerprint density at radius 3 is 2.22 bits per heavy atom. The average molecular weight is 458 g/mol. The van der Waals surface area contributed by atoms with Crippen LogP contribution in [0, 0.1) is 11.6 Å². The van der Waals surface area contributed by atoms with Crippen LogP contribution in [0.3, 0.4) is 0 Å². The number of carbonyl (C=O) groups excluding carboxylic acids is 2. The fourth-order valence-corrected chi connectivity index (χ4v) is 2.80. The van der Waals surface area contributed by atoms with Gasteiger partial charge < -0.3 is 10.2 Å². The van der Waals surface area contributed by atoms with Crippen molar-refractivity contribution in [3.8, 4) is 0 Å². The van der Waals surface area contributed by atoms with Gasteiger partial charge in [0, 0.05) is 10.7 Å². The lowest BCUT2D eigenvalue weighted by molar-refractivity contribution is 0.0959. The number of nitrogens with zero attached hydrogens (tertiary/aromatic N) is 1. The highest BCUT2D eigenvalue weighted by Crippen LogP contribution is 2.14. The minimum atomic E-state index is -1.18. The Bertz CT molecular complexity index is 1130. The maximum atomic E-state index is 13.6. The predicted octanol–water partition coefficient (Wildman–Crippen LogP) is 5.52. The first kappa shape index (κ1) is 22.9. The molecular weight excluding hydrogens is 440 g/mol. The van der Waals surface area contributed by atoms with Crippen LogP contribution in [0.15, 0.2) is 71.9 Å². The van der Waals surface area contributed by atoms with E-state index >= 15 is 0 Å². The van der Waals surface area contributed by atoms with E-state index in [9.17, 15) is 18.4 Å². The van der Waals surface area contributed by atoms with Gasteiger partial charge in [0.05, 0.1) is 5.71 Å². The Morgan fingerprint density at radius 1 is 0.969 bits per heavy atom. The average Bonchev–Trinajstić information content (AvgIpc) is 2.75. The Morgan fingerprint density at radius 2 is 1.59 bits per heavy atom. The summed E-state index contributed by atoms with van der Waals surface area (Å²) in [6.45, 7) is 2.01. The van der Waals surface area contributed by atoms with E-state index in [2.05, 4.69) is 10.5 Å². The first-order valence-electron chi connectivity index (χ1n) is 9.41. The van der Waals surface area contributed by atoms with Gasteiger partial charge in [-0.2, -0.15) is 0 Å². The van der Waals surface area contributed by atoms with Gasteiger partial charge in [-0.1, -0.05) is 47.1 Å². The summed E-state index contributed by atoms with van der Waals surface area (Å²) >= 11 is 5.86. The van der Waals surface area contributed by atoms with Gasteiger partial charge in [0.25, 0.3) is 5.91 Å². The SMILES string of the molecule is CC(=NOCc1ccc(NC(=O)NC(=O)c2c(F)cccc2F)cc1)c1ccc(Cl)cc1. The summed E-state index contributed by atoms with van der Waals surface area (Å²) < 4.78 is 27.3. The molecule has 0 saturated heterocycles. The third-order valence-electron chi connectivity index (χ3n) is 4.32. The first-order chi connectivity index (χ1) is 15.3. The fraction of sp³-hybridized carbons (Fsp3) is 0.0870. The zero-order valence-electron chi connectivity index (χ0n) is 16.9. The number of oxime groups is 1. The highest BCUT2D eigenvalue weighted by Gasteiger charge is 2.19. The molecule has 0 spiro atoms. The summed E-state index contributed by atoms with van der Waals surface area (Å²) in [5, 5.41) is 9.00. The number of amides is 3. The molecule has 3 amide bonds. The molecule has 0 heterocycles. The Balaban J connectivity index is 1.52. The van der Waals surface area contributed by atoms with Crippen molar-refractivity contribution in [1.82, 2.24) is 5.32 Å². The number of carbonyl (C=O) groups is 2. The number of imide groups is 1. The Hall–Kier alpha value is -3.78. The number of halogens is 3. The van der Waals surface area contributed by atoms with E-state index < -0.39 is 29.1 Å². The molecule has 0 radical (unpaired) electrons. The summed E-state index contributed by atoms with van der Waals surface area (Å²) in [6, 6.07) is 15.8. The molecule has 0 fully saturated rings. The third-order valence-corrected chi connectivity index (χ3v) is 4.58. The molecule has 0 bridgehead atoms. The highest BCUT2D eigenvalue weighted by atomic mass is 35.5. The van der Waals surface area contributed by atoms with Crippen LogP contribution in [0.2, 0.25) is 5.02 Å². The predicted molar refractivity (Wildman–Crippen MR) is 118 cm³/mol. The van der Waals surface area contributed by atoms with E-state index in [4.69, 9.17) is 16.4 Å². The maximum absolute atomic E-state index is 13.6. The van der Waals surface area contributed by atoms with Crippen LogP contribution >= 0.6 is 11.6 Å². The van der Waals surface area contributed by atoms with E-state index in [1.54, 1.807) is 36.4 Å². The lowest BCUT2D eigenvalue weighted by Gasteiger charge is -2.09. The highest BCUT2D eigenvalue weighted by molar-refractivity contribution is 6.30. The van der Waals surface area contributed by atoms with E-state index in [1.807, 2.05) is 24.4 Å². The minimum Gasteiger partial charge on any atom is -0.391 e. The standard InChI is InChI=1S/C23H18ClF2N3O3/c1-14(16-7-9-17(24)10-8-16)29-32-13-15-5-11-18(12-6-15)27-23(31)28-22(30)21-19(25)3-2-4-20(21)26/h2-12H,13H2,1H3,(H2,27,28,30,31). The minimum absolute atomic E-state index is 0.197. The maximum Gasteiger partial charge on any atom is 0.326 e. The largest absolute Gasteiger partial charge is 0.391 e. The topological polar surface area (TPSA) is 79.8 Å². The Labute approximate surface area is 187 Å². The number of urea groups is 1. The van der Waals surface area contributed by atoms with Crippen molar-refractivity contribution in [3.05, 3.63) is 100 Å². The van der Waals surface area contributed by atoms with Gasteiger partial charge in [0.1, 0.15) is 23.8 Å². The van der Waals surface area contributed by atoms with Crippen molar-refractivity contribution in [3.63, 3.8) is 0 Å². The first-order valence-corrected chi connectivity index (χ1v) is 9.79. The van der Waals surface area contributed by atoms with Crippen molar-refractivity contribution >= 4 is 34.9 Å². The zero-order chi connectivity index (χ0) is 23.1. The number of benzene rings is 3. The third kappa shape index (κ3) is 6.12. The van der Waals surface area contributed by atoms with Crippen LogP contribution in [0.5, 0.6) is 0 Å². The van der Waals surface area contributed by atoms with Crippen molar-refractivity contribution in [2.24, 2.45) is 5.16 Å².